The van der Waals surface area contributed by atoms with Crippen LogP contribution in [0.5, 0.6) is 0 Å². The zero-order valence-electron chi connectivity index (χ0n) is 13.4. The number of nitrogens with zero attached hydrogens (tertiary/aromatic N) is 4. The number of piperazine rings is 1. The van der Waals surface area contributed by atoms with Gasteiger partial charge >= 0.3 is 0 Å². The Balaban J connectivity index is 1.46. The normalized spacial score (nSPS) is 15.2. The van der Waals surface area contributed by atoms with Crippen molar-refractivity contribution in [3.8, 4) is 0 Å². The minimum atomic E-state index is 0.0334. The Bertz CT molecular complexity index is 864. The number of rotatable bonds is 3. The van der Waals surface area contributed by atoms with E-state index in [1.54, 1.807) is 6.26 Å². The number of aromatic nitrogens is 2. The zero-order chi connectivity index (χ0) is 16.5. The van der Waals surface area contributed by atoms with Crippen molar-refractivity contribution in [2.75, 3.05) is 31.1 Å². The van der Waals surface area contributed by atoms with Gasteiger partial charge in [0.15, 0.2) is 0 Å². The summed E-state index contributed by atoms with van der Waals surface area (Å²) in [5, 5.41) is 1.83. The number of hydrogen-bond acceptors (Lipinski definition) is 6. The molecule has 1 aliphatic heterocycles. The van der Waals surface area contributed by atoms with E-state index in [0.29, 0.717) is 18.7 Å². The lowest BCUT2D eigenvalue weighted by atomic mass is 10.1. The molecule has 4 rings (SSSR count). The molecule has 0 radical (unpaired) electrons. The van der Waals surface area contributed by atoms with Crippen molar-refractivity contribution in [3.63, 3.8) is 0 Å². The van der Waals surface area contributed by atoms with E-state index in [0.717, 1.165) is 41.4 Å². The van der Waals surface area contributed by atoms with Crippen molar-refractivity contribution in [2.24, 2.45) is 0 Å². The van der Waals surface area contributed by atoms with Gasteiger partial charge in [-0.05, 0) is 6.07 Å². The van der Waals surface area contributed by atoms with Gasteiger partial charge in [0.25, 0.3) is 5.91 Å². The minimum Gasteiger partial charge on any atom is -0.463 e. The molecular weight excluding hydrogens is 324 g/mol. The van der Waals surface area contributed by atoms with Crippen LogP contribution < -0.4 is 4.90 Å². The molecular formula is C17H18N4O2S. The van der Waals surface area contributed by atoms with Gasteiger partial charge in [0.1, 0.15) is 17.7 Å². The number of carbonyl (C=O) groups is 1. The standard InChI is InChI=1S/C17H18N4O2S/c1-2-15-18-17(24-19-15)21-9-7-20(8-10-21)16(22)13-11-23-14-6-4-3-5-12(13)14/h3-6,11H,2,7-10H2,1H3. The maximum Gasteiger partial charge on any atom is 0.257 e. The number of hydrogen-bond donors (Lipinski definition) is 0. The van der Waals surface area contributed by atoms with E-state index in [1.165, 1.54) is 11.5 Å². The van der Waals surface area contributed by atoms with E-state index in [4.69, 9.17) is 4.42 Å². The molecule has 0 saturated carbocycles. The van der Waals surface area contributed by atoms with Crippen molar-refractivity contribution < 1.29 is 9.21 Å². The fraction of sp³-hybridized carbons (Fsp3) is 0.353. The number of anilines is 1. The molecule has 24 heavy (non-hydrogen) atoms. The molecule has 1 amide bonds. The molecule has 3 aromatic rings. The van der Waals surface area contributed by atoms with Gasteiger partial charge < -0.3 is 14.2 Å². The van der Waals surface area contributed by atoms with E-state index in [1.807, 2.05) is 29.2 Å². The van der Waals surface area contributed by atoms with Crippen LogP contribution in [0.2, 0.25) is 0 Å². The molecule has 1 fully saturated rings. The van der Waals surface area contributed by atoms with Crippen LogP contribution >= 0.6 is 11.5 Å². The molecule has 1 aromatic carbocycles. The molecule has 1 aliphatic rings. The first-order valence-electron chi connectivity index (χ1n) is 8.09. The third kappa shape index (κ3) is 2.65. The second-order valence-electron chi connectivity index (χ2n) is 5.77. The molecule has 6 nitrogen and oxygen atoms in total. The average molecular weight is 342 g/mol. The molecule has 0 atom stereocenters. The molecule has 2 aromatic heterocycles. The Kier molecular flexibility index (Phi) is 3.93. The van der Waals surface area contributed by atoms with Gasteiger partial charge in [-0.1, -0.05) is 25.1 Å². The Morgan fingerprint density at radius 3 is 2.79 bits per heavy atom. The van der Waals surface area contributed by atoms with E-state index in [2.05, 4.69) is 21.2 Å². The summed E-state index contributed by atoms with van der Waals surface area (Å²) in [6.45, 7) is 4.97. The van der Waals surface area contributed by atoms with Crippen LogP contribution in [0.3, 0.4) is 0 Å². The van der Waals surface area contributed by atoms with Gasteiger partial charge in [-0.2, -0.15) is 4.37 Å². The number of fused-ring (bicyclic) bond motifs is 1. The highest BCUT2D eigenvalue weighted by molar-refractivity contribution is 7.09. The SMILES string of the molecule is CCc1nsc(N2CCN(C(=O)c3coc4ccccc34)CC2)n1. The van der Waals surface area contributed by atoms with Crippen molar-refractivity contribution in [1.29, 1.82) is 0 Å². The topological polar surface area (TPSA) is 62.5 Å². The summed E-state index contributed by atoms with van der Waals surface area (Å²) in [6.07, 6.45) is 2.42. The molecule has 124 valence electrons. The predicted molar refractivity (Wildman–Crippen MR) is 93.6 cm³/mol. The lowest BCUT2D eigenvalue weighted by molar-refractivity contribution is 0.0747. The highest BCUT2D eigenvalue weighted by atomic mass is 32.1. The predicted octanol–water partition coefficient (Wildman–Crippen LogP) is 2.81. The molecule has 0 bridgehead atoms. The maximum absolute atomic E-state index is 12.8. The summed E-state index contributed by atoms with van der Waals surface area (Å²) in [5.41, 5.74) is 1.39. The molecule has 0 spiro atoms. The van der Waals surface area contributed by atoms with Gasteiger partial charge in [-0.25, -0.2) is 4.98 Å². The van der Waals surface area contributed by atoms with Crippen LogP contribution in [0.15, 0.2) is 34.9 Å². The summed E-state index contributed by atoms with van der Waals surface area (Å²) < 4.78 is 9.83. The van der Waals surface area contributed by atoms with Gasteiger partial charge in [0, 0.05) is 49.5 Å². The first kappa shape index (κ1) is 15.1. The van der Waals surface area contributed by atoms with Crippen LogP contribution in [0, 0.1) is 0 Å². The quantitative estimate of drug-likeness (QED) is 0.732. The van der Waals surface area contributed by atoms with Crippen LogP contribution in [0.1, 0.15) is 23.1 Å². The highest BCUT2D eigenvalue weighted by Gasteiger charge is 2.25. The minimum absolute atomic E-state index is 0.0334. The number of amides is 1. The summed E-state index contributed by atoms with van der Waals surface area (Å²) in [7, 11) is 0. The Morgan fingerprint density at radius 1 is 1.25 bits per heavy atom. The Hall–Kier alpha value is -2.41. The van der Waals surface area contributed by atoms with E-state index in [-0.39, 0.29) is 5.91 Å². The van der Waals surface area contributed by atoms with Gasteiger partial charge in [0.2, 0.25) is 5.13 Å². The lowest BCUT2D eigenvalue weighted by Crippen LogP contribution is -2.48. The summed E-state index contributed by atoms with van der Waals surface area (Å²) in [4.78, 5) is 21.4. The maximum atomic E-state index is 12.8. The first-order valence-corrected chi connectivity index (χ1v) is 8.86. The first-order chi connectivity index (χ1) is 11.8. The van der Waals surface area contributed by atoms with Crippen molar-refractivity contribution in [2.45, 2.75) is 13.3 Å². The van der Waals surface area contributed by atoms with Crippen molar-refractivity contribution >= 4 is 33.5 Å². The van der Waals surface area contributed by atoms with Crippen molar-refractivity contribution in [1.82, 2.24) is 14.3 Å². The van der Waals surface area contributed by atoms with Gasteiger partial charge in [-0.3, -0.25) is 4.79 Å². The third-order valence-electron chi connectivity index (χ3n) is 4.32. The average Bonchev–Trinajstić information content (AvgIpc) is 3.28. The third-order valence-corrected chi connectivity index (χ3v) is 5.14. The molecule has 0 aliphatic carbocycles. The molecule has 1 saturated heterocycles. The monoisotopic (exact) mass is 342 g/mol. The van der Waals surface area contributed by atoms with Gasteiger partial charge in [-0.15, -0.1) is 0 Å². The Morgan fingerprint density at radius 2 is 2.04 bits per heavy atom. The van der Waals surface area contributed by atoms with Crippen LogP contribution in [-0.2, 0) is 6.42 Å². The fourth-order valence-electron chi connectivity index (χ4n) is 2.93. The molecule has 0 unspecified atom stereocenters. The number of para-hydroxylation sites is 1. The molecule has 0 N–H and O–H groups in total. The Labute approximate surface area is 143 Å². The number of furan rings is 1. The largest absolute Gasteiger partial charge is 0.463 e. The van der Waals surface area contributed by atoms with E-state index < -0.39 is 0 Å². The van der Waals surface area contributed by atoms with E-state index >= 15 is 0 Å². The van der Waals surface area contributed by atoms with Crippen LogP contribution in [0.25, 0.3) is 11.0 Å². The fourth-order valence-corrected chi connectivity index (χ4v) is 3.73. The summed E-state index contributed by atoms with van der Waals surface area (Å²) in [6, 6.07) is 7.64. The zero-order valence-corrected chi connectivity index (χ0v) is 14.3. The van der Waals surface area contributed by atoms with Gasteiger partial charge in [0.05, 0.1) is 5.56 Å². The number of carbonyl (C=O) groups excluding carboxylic acids is 1. The molecule has 7 heteroatoms. The number of aryl methyl sites for hydroxylation is 1. The summed E-state index contributed by atoms with van der Waals surface area (Å²) >= 11 is 1.44. The second kappa shape index (κ2) is 6.24. The smallest absolute Gasteiger partial charge is 0.257 e. The van der Waals surface area contributed by atoms with Crippen molar-refractivity contribution in [3.05, 3.63) is 41.9 Å². The summed E-state index contributed by atoms with van der Waals surface area (Å²) in [5.74, 6) is 0.921. The molecule has 3 heterocycles. The van der Waals surface area contributed by atoms with Crippen LogP contribution in [0.4, 0.5) is 5.13 Å². The highest BCUT2D eigenvalue weighted by Crippen LogP contribution is 2.24. The number of benzene rings is 1. The lowest BCUT2D eigenvalue weighted by Gasteiger charge is -2.34. The second-order valence-corrected chi connectivity index (χ2v) is 6.50. The van der Waals surface area contributed by atoms with E-state index in [9.17, 15) is 4.79 Å². The van der Waals surface area contributed by atoms with Crippen LogP contribution in [-0.4, -0.2) is 46.3 Å².